The van der Waals surface area contributed by atoms with E-state index in [2.05, 4.69) is 32.2 Å². The Kier molecular flexibility index (Phi) is 5.54. The van der Waals surface area contributed by atoms with Gasteiger partial charge >= 0.3 is 0 Å². The molecule has 0 fully saturated rings. The lowest BCUT2D eigenvalue weighted by Gasteiger charge is -2.12. The van der Waals surface area contributed by atoms with Gasteiger partial charge in [-0.15, -0.1) is 0 Å². The van der Waals surface area contributed by atoms with E-state index in [-0.39, 0.29) is 0 Å². The van der Waals surface area contributed by atoms with E-state index in [1.165, 1.54) is 5.56 Å². The van der Waals surface area contributed by atoms with Gasteiger partial charge < -0.3 is 16.2 Å². The Bertz CT molecular complexity index is 1190. The second kappa shape index (κ2) is 8.42. The fourth-order valence-electron chi connectivity index (χ4n) is 3.43. The number of aromatic nitrogens is 4. The molecule has 0 spiro atoms. The van der Waals surface area contributed by atoms with Gasteiger partial charge in [-0.25, -0.2) is 15.0 Å². The Hall–Kier alpha value is -3.58. The van der Waals surface area contributed by atoms with Gasteiger partial charge in [0.1, 0.15) is 17.5 Å². The maximum atomic E-state index is 10.1. The molecule has 1 atom stereocenters. The van der Waals surface area contributed by atoms with E-state index in [0.29, 0.717) is 23.9 Å². The molecule has 0 unspecified atom stereocenters. The number of fused-ring (bicyclic) bond motifs is 1. The van der Waals surface area contributed by atoms with Gasteiger partial charge in [0.25, 0.3) is 0 Å². The number of nitrogen functional groups attached to an aromatic ring is 1. The minimum absolute atomic E-state index is 0.429. The predicted molar refractivity (Wildman–Crippen MR) is 119 cm³/mol. The first-order chi connectivity index (χ1) is 14.6. The third kappa shape index (κ3) is 3.92. The lowest BCUT2D eigenvalue weighted by Crippen LogP contribution is -2.01. The molecule has 4 heterocycles. The van der Waals surface area contributed by atoms with Gasteiger partial charge in [0.05, 0.1) is 11.8 Å². The van der Waals surface area contributed by atoms with Gasteiger partial charge in [-0.3, -0.25) is 4.98 Å². The highest BCUT2D eigenvalue weighted by molar-refractivity contribution is 5.94. The predicted octanol–water partition coefficient (Wildman–Crippen LogP) is 4.42. The number of nitrogens with one attached hydrogen (secondary N) is 1. The minimum Gasteiger partial charge on any atom is -0.388 e. The zero-order chi connectivity index (χ0) is 21.1. The van der Waals surface area contributed by atoms with E-state index in [9.17, 15) is 5.11 Å². The number of nitrogens with two attached hydrogens (primary N) is 1. The van der Waals surface area contributed by atoms with Crippen LogP contribution in [-0.2, 0) is 6.42 Å². The third-order valence-electron chi connectivity index (χ3n) is 5.12. The summed E-state index contributed by atoms with van der Waals surface area (Å²) in [6.45, 7) is 4.04. The number of aliphatic hydroxyl groups excluding tert-OH is 1. The molecule has 4 rings (SSSR count). The van der Waals surface area contributed by atoms with Gasteiger partial charge in [-0.05, 0) is 59.7 Å². The standard InChI is InChI=1S/C23H24N6O/c1-3-14-5-7-25-12-17(14)19-9-16-11-22(27-13-18(16)23(24)28-19)29-21-10-15(6-8-26-21)20(30)4-2/h5-13,20,30H,3-4H2,1-2H3,(H2,24,28)(H,26,27,29)/t20-/m0/s1. The van der Waals surface area contributed by atoms with Crippen molar-refractivity contribution in [1.82, 2.24) is 19.9 Å². The normalized spacial score (nSPS) is 12.1. The van der Waals surface area contributed by atoms with Crippen molar-refractivity contribution in [3.63, 3.8) is 0 Å². The molecule has 0 amide bonds. The van der Waals surface area contributed by atoms with Gasteiger partial charge in [-0.2, -0.15) is 0 Å². The van der Waals surface area contributed by atoms with Crippen LogP contribution in [0.2, 0.25) is 0 Å². The van der Waals surface area contributed by atoms with Crippen molar-refractivity contribution < 1.29 is 5.11 Å². The smallest absolute Gasteiger partial charge is 0.133 e. The molecule has 4 aromatic heterocycles. The Morgan fingerprint density at radius 1 is 1.03 bits per heavy atom. The summed E-state index contributed by atoms with van der Waals surface area (Å²) in [6.07, 6.45) is 7.99. The molecule has 0 saturated carbocycles. The van der Waals surface area contributed by atoms with Crippen molar-refractivity contribution in [1.29, 1.82) is 0 Å². The molecule has 4 N–H and O–H groups in total. The van der Waals surface area contributed by atoms with Crippen LogP contribution in [0.25, 0.3) is 22.0 Å². The number of aliphatic hydroxyl groups is 1. The zero-order valence-electron chi connectivity index (χ0n) is 17.0. The van der Waals surface area contributed by atoms with Crippen LogP contribution in [0.5, 0.6) is 0 Å². The number of rotatable bonds is 6. The molecule has 0 saturated heterocycles. The summed E-state index contributed by atoms with van der Waals surface area (Å²) in [5.74, 6) is 1.69. The number of pyridine rings is 4. The molecule has 0 radical (unpaired) electrons. The van der Waals surface area contributed by atoms with Crippen molar-refractivity contribution in [2.45, 2.75) is 32.8 Å². The van der Waals surface area contributed by atoms with E-state index < -0.39 is 6.10 Å². The third-order valence-corrected chi connectivity index (χ3v) is 5.12. The average molecular weight is 400 g/mol. The fourth-order valence-corrected chi connectivity index (χ4v) is 3.43. The SMILES string of the molecule is CCc1ccncc1-c1cc2cc(Nc3cc([C@@H](O)CC)ccn3)ncc2c(N)n1. The molecule has 0 aromatic carbocycles. The lowest BCUT2D eigenvalue weighted by molar-refractivity contribution is 0.173. The zero-order valence-corrected chi connectivity index (χ0v) is 17.0. The average Bonchev–Trinajstić information content (AvgIpc) is 2.78. The highest BCUT2D eigenvalue weighted by Crippen LogP contribution is 2.29. The first-order valence-electron chi connectivity index (χ1n) is 9.99. The summed E-state index contributed by atoms with van der Waals surface area (Å²) in [5, 5.41) is 15.0. The lowest BCUT2D eigenvalue weighted by atomic mass is 10.0. The fraction of sp³-hybridized carbons (Fsp3) is 0.217. The maximum absolute atomic E-state index is 10.1. The van der Waals surface area contributed by atoms with Gasteiger partial charge in [0.2, 0.25) is 0 Å². The summed E-state index contributed by atoms with van der Waals surface area (Å²) in [4.78, 5) is 17.6. The van der Waals surface area contributed by atoms with Crippen LogP contribution in [0.1, 0.15) is 37.5 Å². The molecule has 30 heavy (non-hydrogen) atoms. The second-order valence-electron chi connectivity index (χ2n) is 7.09. The van der Waals surface area contributed by atoms with Crippen LogP contribution in [-0.4, -0.2) is 25.0 Å². The molecular weight excluding hydrogens is 376 g/mol. The summed E-state index contributed by atoms with van der Waals surface area (Å²) in [6, 6.07) is 9.56. The van der Waals surface area contributed by atoms with Crippen LogP contribution < -0.4 is 11.1 Å². The van der Waals surface area contributed by atoms with E-state index in [1.807, 2.05) is 43.5 Å². The van der Waals surface area contributed by atoms with Crippen LogP contribution in [0.3, 0.4) is 0 Å². The summed E-state index contributed by atoms with van der Waals surface area (Å²) >= 11 is 0. The number of aryl methyl sites for hydroxylation is 1. The van der Waals surface area contributed by atoms with Crippen molar-refractivity contribution in [3.8, 4) is 11.3 Å². The van der Waals surface area contributed by atoms with Crippen molar-refractivity contribution >= 4 is 28.2 Å². The maximum Gasteiger partial charge on any atom is 0.133 e. The second-order valence-corrected chi connectivity index (χ2v) is 7.09. The molecule has 7 nitrogen and oxygen atoms in total. The van der Waals surface area contributed by atoms with E-state index in [0.717, 1.165) is 34.0 Å². The number of hydrogen-bond acceptors (Lipinski definition) is 7. The molecule has 4 aromatic rings. The quantitative estimate of drug-likeness (QED) is 0.439. The number of nitrogens with zero attached hydrogens (tertiary/aromatic N) is 4. The van der Waals surface area contributed by atoms with Crippen LogP contribution in [0.4, 0.5) is 17.5 Å². The molecule has 0 bridgehead atoms. The molecule has 152 valence electrons. The highest BCUT2D eigenvalue weighted by atomic mass is 16.3. The summed E-state index contributed by atoms with van der Waals surface area (Å²) < 4.78 is 0. The van der Waals surface area contributed by atoms with Crippen LogP contribution in [0, 0.1) is 0 Å². The van der Waals surface area contributed by atoms with E-state index >= 15 is 0 Å². The van der Waals surface area contributed by atoms with Crippen molar-refractivity contribution in [2.24, 2.45) is 0 Å². The number of anilines is 3. The minimum atomic E-state index is -0.515. The summed E-state index contributed by atoms with van der Waals surface area (Å²) in [7, 11) is 0. The molecular formula is C23H24N6O. The first-order valence-corrected chi connectivity index (χ1v) is 9.99. The van der Waals surface area contributed by atoms with Crippen LogP contribution in [0.15, 0.2) is 55.1 Å². The molecule has 0 aliphatic carbocycles. The Morgan fingerprint density at radius 3 is 2.67 bits per heavy atom. The van der Waals surface area contributed by atoms with Crippen LogP contribution >= 0.6 is 0 Å². The first kappa shape index (κ1) is 19.7. The van der Waals surface area contributed by atoms with E-state index in [4.69, 9.17) is 5.73 Å². The van der Waals surface area contributed by atoms with Gasteiger partial charge in [0, 0.05) is 35.7 Å². The largest absolute Gasteiger partial charge is 0.388 e. The highest BCUT2D eigenvalue weighted by Gasteiger charge is 2.11. The topological polar surface area (TPSA) is 110 Å². The Labute approximate surface area is 175 Å². The van der Waals surface area contributed by atoms with Crippen molar-refractivity contribution in [2.75, 3.05) is 11.1 Å². The monoisotopic (exact) mass is 400 g/mol. The Morgan fingerprint density at radius 2 is 1.87 bits per heavy atom. The van der Waals surface area contributed by atoms with Gasteiger partial charge in [-0.1, -0.05) is 13.8 Å². The number of hydrogen-bond donors (Lipinski definition) is 3. The Balaban J connectivity index is 1.72. The summed E-state index contributed by atoms with van der Waals surface area (Å²) in [5.41, 5.74) is 9.97. The molecule has 0 aliphatic rings. The molecule has 0 aliphatic heterocycles. The van der Waals surface area contributed by atoms with E-state index in [1.54, 1.807) is 18.6 Å². The van der Waals surface area contributed by atoms with Crippen molar-refractivity contribution in [3.05, 3.63) is 66.2 Å². The van der Waals surface area contributed by atoms with Gasteiger partial charge in [0.15, 0.2) is 0 Å². The molecule has 7 heteroatoms.